The fraction of sp³-hybridized carbons (Fsp3) is 0.467. The quantitative estimate of drug-likeness (QED) is 0.622. The number of likely N-dealkylation sites (tertiary alicyclic amines) is 1. The maximum atomic E-state index is 12.1. The number of amides is 1. The second-order valence-electron chi connectivity index (χ2n) is 4.92. The van der Waals surface area contributed by atoms with Gasteiger partial charge in [-0.15, -0.1) is 11.8 Å². The zero-order valence-corrected chi connectivity index (χ0v) is 13.9. The zero-order chi connectivity index (χ0) is 15.2. The van der Waals surface area contributed by atoms with Crippen molar-refractivity contribution < 1.29 is 4.79 Å². The summed E-state index contributed by atoms with van der Waals surface area (Å²) >= 11 is 6.87. The number of carbonyl (C=O) groups excluding carboxylic acids is 1. The average molecular weight is 323 g/mol. The van der Waals surface area contributed by atoms with Gasteiger partial charge >= 0.3 is 0 Å². The third-order valence-electron chi connectivity index (χ3n) is 3.46. The Balaban J connectivity index is 2.09. The minimum Gasteiger partial charge on any atom is -0.389 e. The standard InChI is InChI=1S/C15H21N3OS2/c1-2-21-12-7-5-6-11(14(12)15(16)20)17-10-13(19)18-8-3-4-9-18/h5-7,17H,2-4,8-10H2,1H3,(H2,16,20). The van der Waals surface area contributed by atoms with E-state index in [9.17, 15) is 4.79 Å². The van der Waals surface area contributed by atoms with E-state index in [4.69, 9.17) is 18.0 Å². The maximum absolute atomic E-state index is 12.1. The molecule has 0 atom stereocenters. The maximum Gasteiger partial charge on any atom is 0.241 e. The van der Waals surface area contributed by atoms with Gasteiger partial charge in [0.25, 0.3) is 0 Å². The van der Waals surface area contributed by atoms with Gasteiger partial charge in [-0.05, 0) is 30.7 Å². The molecule has 0 spiro atoms. The molecule has 0 aromatic heterocycles. The molecule has 0 saturated carbocycles. The van der Waals surface area contributed by atoms with Gasteiger partial charge in [0.2, 0.25) is 5.91 Å². The Morgan fingerprint density at radius 2 is 2.14 bits per heavy atom. The van der Waals surface area contributed by atoms with Crippen LogP contribution in [0.2, 0.25) is 0 Å². The number of thiocarbonyl (C=S) groups is 1. The van der Waals surface area contributed by atoms with Gasteiger partial charge in [-0.3, -0.25) is 4.79 Å². The summed E-state index contributed by atoms with van der Waals surface area (Å²) in [6.07, 6.45) is 2.21. The van der Waals surface area contributed by atoms with Crippen molar-refractivity contribution in [2.24, 2.45) is 5.73 Å². The highest BCUT2D eigenvalue weighted by Gasteiger charge is 2.18. The van der Waals surface area contributed by atoms with Gasteiger partial charge in [0.1, 0.15) is 4.99 Å². The molecule has 0 aliphatic carbocycles. The number of benzene rings is 1. The largest absolute Gasteiger partial charge is 0.389 e. The van der Waals surface area contributed by atoms with Gasteiger partial charge in [-0.1, -0.05) is 25.2 Å². The number of hydrogen-bond donors (Lipinski definition) is 2. The van der Waals surface area contributed by atoms with Crippen molar-refractivity contribution in [2.75, 3.05) is 30.7 Å². The summed E-state index contributed by atoms with van der Waals surface area (Å²) in [5.74, 6) is 1.08. The Kier molecular flexibility index (Phi) is 5.87. The number of carbonyl (C=O) groups is 1. The SMILES string of the molecule is CCSc1cccc(NCC(=O)N2CCCC2)c1C(N)=S. The predicted molar refractivity (Wildman–Crippen MR) is 93.0 cm³/mol. The lowest BCUT2D eigenvalue weighted by Crippen LogP contribution is -2.33. The summed E-state index contributed by atoms with van der Waals surface area (Å²) in [5.41, 5.74) is 7.54. The van der Waals surface area contributed by atoms with E-state index in [2.05, 4.69) is 12.2 Å². The van der Waals surface area contributed by atoms with Crippen LogP contribution in [0, 0.1) is 0 Å². The molecule has 1 fully saturated rings. The summed E-state index contributed by atoms with van der Waals surface area (Å²) in [5, 5.41) is 3.20. The minimum absolute atomic E-state index is 0.134. The van der Waals surface area contributed by atoms with Crippen LogP contribution >= 0.6 is 24.0 Å². The first-order valence-corrected chi connectivity index (χ1v) is 8.60. The molecule has 2 rings (SSSR count). The fourth-order valence-corrected chi connectivity index (χ4v) is 3.59. The highest BCUT2D eigenvalue weighted by molar-refractivity contribution is 7.99. The van der Waals surface area contributed by atoms with Crippen molar-refractivity contribution >= 4 is 40.6 Å². The third kappa shape index (κ3) is 4.11. The van der Waals surface area contributed by atoms with E-state index in [1.54, 1.807) is 11.8 Å². The van der Waals surface area contributed by atoms with Crippen molar-refractivity contribution in [3.63, 3.8) is 0 Å². The summed E-state index contributed by atoms with van der Waals surface area (Å²) in [6.45, 7) is 4.11. The monoisotopic (exact) mass is 323 g/mol. The minimum atomic E-state index is 0.134. The Morgan fingerprint density at radius 3 is 2.76 bits per heavy atom. The van der Waals surface area contributed by atoms with E-state index in [-0.39, 0.29) is 12.5 Å². The molecule has 1 aromatic carbocycles. The molecule has 3 N–H and O–H groups in total. The molecule has 1 heterocycles. The lowest BCUT2D eigenvalue weighted by Gasteiger charge is -2.18. The molecule has 4 nitrogen and oxygen atoms in total. The molecule has 1 aliphatic heterocycles. The predicted octanol–water partition coefficient (Wildman–Crippen LogP) is 2.47. The van der Waals surface area contributed by atoms with E-state index in [0.29, 0.717) is 4.99 Å². The first kappa shape index (κ1) is 16.1. The molecule has 1 aliphatic rings. The Hall–Kier alpha value is -1.27. The van der Waals surface area contributed by atoms with Crippen molar-refractivity contribution in [3.8, 4) is 0 Å². The van der Waals surface area contributed by atoms with E-state index < -0.39 is 0 Å². The van der Waals surface area contributed by atoms with Gasteiger partial charge in [-0.2, -0.15) is 0 Å². The highest BCUT2D eigenvalue weighted by atomic mass is 32.2. The van der Waals surface area contributed by atoms with Crippen LogP contribution in [-0.2, 0) is 4.79 Å². The lowest BCUT2D eigenvalue weighted by atomic mass is 10.1. The van der Waals surface area contributed by atoms with Crippen molar-refractivity contribution in [2.45, 2.75) is 24.7 Å². The normalized spacial score (nSPS) is 14.2. The second kappa shape index (κ2) is 7.66. The smallest absolute Gasteiger partial charge is 0.241 e. The second-order valence-corrected chi connectivity index (χ2v) is 6.66. The van der Waals surface area contributed by atoms with Gasteiger partial charge in [0.05, 0.1) is 6.54 Å². The van der Waals surface area contributed by atoms with Crippen LogP contribution in [0.25, 0.3) is 0 Å². The van der Waals surface area contributed by atoms with Crippen LogP contribution in [0.15, 0.2) is 23.1 Å². The molecule has 114 valence electrons. The van der Waals surface area contributed by atoms with E-state index in [1.807, 2.05) is 23.1 Å². The summed E-state index contributed by atoms with van der Waals surface area (Å²) < 4.78 is 0. The molecule has 0 unspecified atom stereocenters. The molecule has 6 heteroatoms. The Labute approximate surface area is 135 Å². The summed E-state index contributed by atoms with van der Waals surface area (Å²) in [6, 6.07) is 5.89. The summed E-state index contributed by atoms with van der Waals surface area (Å²) in [7, 11) is 0. The molecule has 1 aromatic rings. The molecule has 0 radical (unpaired) electrons. The van der Waals surface area contributed by atoms with E-state index in [0.717, 1.165) is 47.8 Å². The zero-order valence-electron chi connectivity index (χ0n) is 12.2. The van der Waals surface area contributed by atoms with Crippen molar-refractivity contribution in [3.05, 3.63) is 23.8 Å². The van der Waals surface area contributed by atoms with E-state index >= 15 is 0 Å². The topological polar surface area (TPSA) is 58.4 Å². The van der Waals surface area contributed by atoms with E-state index in [1.165, 1.54) is 0 Å². The average Bonchev–Trinajstić information content (AvgIpc) is 2.99. The van der Waals surface area contributed by atoms with Crippen LogP contribution in [0.4, 0.5) is 5.69 Å². The number of nitrogens with two attached hydrogens (primary N) is 1. The first-order valence-electron chi connectivity index (χ1n) is 7.20. The van der Waals surface area contributed by atoms with Crippen LogP contribution in [0.3, 0.4) is 0 Å². The van der Waals surface area contributed by atoms with Gasteiger partial charge in [0.15, 0.2) is 0 Å². The molecule has 21 heavy (non-hydrogen) atoms. The number of nitrogens with one attached hydrogen (secondary N) is 1. The molecular formula is C15H21N3OS2. The summed E-state index contributed by atoms with van der Waals surface area (Å²) in [4.78, 5) is 15.4. The van der Waals surface area contributed by atoms with Crippen molar-refractivity contribution in [1.82, 2.24) is 4.90 Å². The van der Waals surface area contributed by atoms with Gasteiger partial charge < -0.3 is 16.0 Å². The molecular weight excluding hydrogens is 302 g/mol. The molecule has 0 bridgehead atoms. The number of thioether (sulfide) groups is 1. The fourth-order valence-electron chi connectivity index (χ4n) is 2.46. The number of anilines is 1. The van der Waals surface area contributed by atoms with Gasteiger partial charge in [0, 0.05) is 29.2 Å². The van der Waals surface area contributed by atoms with Crippen LogP contribution in [-0.4, -0.2) is 41.2 Å². The van der Waals surface area contributed by atoms with Crippen molar-refractivity contribution in [1.29, 1.82) is 0 Å². The lowest BCUT2D eigenvalue weighted by molar-refractivity contribution is -0.128. The Morgan fingerprint density at radius 1 is 1.43 bits per heavy atom. The number of nitrogens with zero attached hydrogens (tertiary/aromatic N) is 1. The highest BCUT2D eigenvalue weighted by Crippen LogP contribution is 2.28. The van der Waals surface area contributed by atoms with Crippen LogP contribution in [0.1, 0.15) is 25.3 Å². The van der Waals surface area contributed by atoms with Crippen LogP contribution < -0.4 is 11.1 Å². The van der Waals surface area contributed by atoms with Gasteiger partial charge in [-0.25, -0.2) is 0 Å². The number of rotatable bonds is 6. The molecule has 1 amide bonds. The third-order valence-corrected chi connectivity index (χ3v) is 4.61. The number of hydrogen-bond acceptors (Lipinski definition) is 4. The van der Waals surface area contributed by atoms with Crippen LogP contribution in [0.5, 0.6) is 0 Å². The Bertz CT molecular complexity index is 528. The molecule has 1 saturated heterocycles. The first-order chi connectivity index (χ1) is 10.1.